The van der Waals surface area contributed by atoms with Crippen LogP contribution in [0.25, 0.3) is 0 Å². The molecule has 7 heteroatoms. The number of nitrogens with zero attached hydrogens (tertiary/aromatic N) is 2. The van der Waals surface area contributed by atoms with Gasteiger partial charge in [0.25, 0.3) is 0 Å². The van der Waals surface area contributed by atoms with Gasteiger partial charge in [-0.3, -0.25) is 4.72 Å². The van der Waals surface area contributed by atoms with E-state index in [1.54, 1.807) is 11.9 Å². The second kappa shape index (κ2) is 9.89. The van der Waals surface area contributed by atoms with Crippen LogP contribution in [0.5, 0.6) is 0 Å². The van der Waals surface area contributed by atoms with Crippen molar-refractivity contribution in [2.24, 2.45) is 22.6 Å². The second-order valence-corrected chi connectivity index (χ2v) is 8.08. The summed E-state index contributed by atoms with van der Waals surface area (Å²) in [6, 6.07) is 6.76. The lowest BCUT2D eigenvalue weighted by Crippen LogP contribution is -2.33. The van der Waals surface area contributed by atoms with Crippen molar-refractivity contribution in [3.8, 4) is 0 Å². The van der Waals surface area contributed by atoms with Crippen LogP contribution in [-0.4, -0.2) is 30.6 Å². The number of anilines is 1. The van der Waals surface area contributed by atoms with E-state index in [0.717, 1.165) is 16.1 Å². The quantitative estimate of drug-likeness (QED) is 0.186. The molecule has 0 aromatic heterocycles. The summed E-state index contributed by atoms with van der Waals surface area (Å²) in [6.45, 7) is 4.87. The van der Waals surface area contributed by atoms with Crippen LogP contribution in [0.1, 0.15) is 51.5 Å². The van der Waals surface area contributed by atoms with E-state index in [-0.39, 0.29) is 0 Å². The van der Waals surface area contributed by atoms with Gasteiger partial charge in [0.2, 0.25) is 0 Å². The van der Waals surface area contributed by atoms with E-state index in [4.69, 9.17) is 11.6 Å². The number of benzene rings is 1. The molecule has 6 nitrogen and oxygen atoms in total. The maximum Gasteiger partial charge on any atom is 0.154 e. The topological polar surface area (TPSA) is 91.7 Å². The van der Waals surface area contributed by atoms with Crippen molar-refractivity contribution < 1.29 is 0 Å². The molecule has 25 heavy (non-hydrogen) atoms. The Morgan fingerprint density at radius 2 is 2.04 bits per heavy atom. The fraction of sp³-hybridized carbons (Fsp3) is 0.611. The summed E-state index contributed by atoms with van der Waals surface area (Å²) in [5.41, 5.74) is 8.24. The largest absolute Gasteiger partial charge is 0.382 e. The van der Waals surface area contributed by atoms with Crippen molar-refractivity contribution in [3.05, 3.63) is 23.8 Å². The first-order chi connectivity index (χ1) is 12.0. The second-order valence-electron chi connectivity index (χ2n) is 6.99. The standard InChI is InChI=1S/C18H32N6S/c1-13(2)12-24(20)23-18(19)16-11-15(25-21-3)9-10-17(16)22-14-7-5-4-6-8-14/h9-11,13-14,21-22H,4-8,12,20H2,1-3H3,(H2,19,23). The summed E-state index contributed by atoms with van der Waals surface area (Å²) in [4.78, 5) is 1.09. The Bertz CT molecular complexity index is 569. The third kappa shape index (κ3) is 6.41. The highest BCUT2D eigenvalue weighted by molar-refractivity contribution is 7.97. The lowest BCUT2D eigenvalue weighted by molar-refractivity contribution is 0.264. The van der Waals surface area contributed by atoms with Crippen molar-refractivity contribution in [1.29, 1.82) is 0 Å². The Morgan fingerprint density at radius 1 is 1.32 bits per heavy atom. The number of nitrogens with two attached hydrogens (primary N) is 2. The maximum atomic E-state index is 6.30. The van der Waals surface area contributed by atoms with E-state index in [1.807, 2.05) is 7.05 Å². The Labute approximate surface area is 155 Å². The first kappa shape index (κ1) is 19.9. The predicted octanol–water partition coefficient (Wildman–Crippen LogP) is 3.11. The number of hydrazine groups is 1. The third-order valence-corrected chi connectivity index (χ3v) is 4.93. The van der Waals surface area contributed by atoms with Crippen molar-refractivity contribution in [1.82, 2.24) is 9.84 Å². The average molecular weight is 365 g/mol. The normalized spacial score (nSPS) is 16.3. The van der Waals surface area contributed by atoms with E-state index in [2.05, 4.69) is 47.2 Å². The van der Waals surface area contributed by atoms with E-state index < -0.39 is 0 Å². The average Bonchev–Trinajstić information content (AvgIpc) is 2.56. The zero-order valence-electron chi connectivity index (χ0n) is 15.6. The van der Waals surface area contributed by atoms with Gasteiger partial charge in [-0.2, -0.15) is 0 Å². The molecule has 0 aliphatic heterocycles. The molecule has 0 heterocycles. The van der Waals surface area contributed by atoms with Gasteiger partial charge >= 0.3 is 0 Å². The van der Waals surface area contributed by atoms with Gasteiger partial charge in [0.15, 0.2) is 5.84 Å². The molecule has 1 saturated carbocycles. The first-order valence-corrected chi connectivity index (χ1v) is 9.92. The molecule has 1 fully saturated rings. The Hall–Kier alpha value is -1.44. The molecule has 1 aromatic rings. The van der Waals surface area contributed by atoms with Gasteiger partial charge in [-0.25, -0.2) is 11.0 Å². The SMILES string of the molecule is CNSc1ccc(NC2CCCCC2)c(/C(N)=N/N(N)CC(C)C)c1. The molecule has 0 unspecified atom stereocenters. The first-order valence-electron chi connectivity index (χ1n) is 9.10. The van der Waals surface area contributed by atoms with Crippen LogP contribution in [0.2, 0.25) is 0 Å². The summed E-state index contributed by atoms with van der Waals surface area (Å²) < 4.78 is 3.10. The smallest absolute Gasteiger partial charge is 0.154 e. The fourth-order valence-electron chi connectivity index (χ4n) is 3.12. The van der Waals surface area contributed by atoms with Crippen LogP contribution in [-0.2, 0) is 0 Å². The lowest BCUT2D eigenvalue weighted by atomic mass is 9.95. The minimum atomic E-state index is 0.424. The Morgan fingerprint density at radius 3 is 2.68 bits per heavy atom. The van der Waals surface area contributed by atoms with Gasteiger partial charge in [0.1, 0.15) is 0 Å². The highest BCUT2D eigenvalue weighted by Crippen LogP contribution is 2.27. The molecule has 0 bridgehead atoms. The molecule has 1 aromatic carbocycles. The minimum Gasteiger partial charge on any atom is -0.382 e. The van der Waals surface area contributed by atoms with E-state index in [0.29, 0.717) is 24.3 Å². The van der Waals surface area contributed by atoms with Crippen molar-refractivity contribution in [3.63, 3.8) is 0 Å². The Balaban J connectivity index is 2.24. The number of hydrogen-bond donors (Lipinski definition) is 4. The van der Waals surface area contributed by atoms with Crippen LogP contribution in [0.3, 0.4) is 0 Å². The van der Waals surface area contributed by atoms with Crippen LogP contribution in [0, 0.1) is 5.92 Å². The number of nitrogens with one attached hydrogen (secondary N) is 2. The zero-order chi connectivity index (χ0) is 18.2. The summed E-state index contributed by atoms with van der Waals surface area (Å²) in [5.74, 6) is 6.84. The van der Waals surface area contributed by atoms with Crippen molar-refractivity contribution >= 4 is 23.5 Å². The number of hydrogen-bond acceptors (Lipinski definition) is 6. The fourth-order valence-corrected chi connectivity index (χ4v) is 3.67. The predicted molar refractivity (Wildman–Crippen MR) is 108 cm³/mol. The highest BCUT2D eigenvalue weighted by atomic mass is 32.2. The van der Waals surface area contributed by atoms with Gasteiger partial charge in [-0.15, -0.1) is 5.10 Å². The molecule has 2 rings (SSSR count). The van der Waals surface area contributed by atoms with E-state index in [1.165, 1.54) is 37.2 Å². The molecular formula is C18H32N6S. The highest BCUT2D eigenvalue weighted by Gasteiger charge is 2.16. The molecule has 140 valence electrons. The zero-order valence-corrected chi connectivity index (χ0v) is 16.4. The van der Waals surface area contributed by atoms with Crippen LogP contribution >= 0.6 is 11.9 Å². The van der Waals surface area contributed by atoms with Gasteiger partial charge in [-0.05, 0) is 56.0 Å². The molecule has 1 aliphatic carbocycles. The molecule has 1 aliphatic rings. The molecular weight excluding hydrogens is 332 g/mol. The van der Waals surface area contributed by atoms with Crippen molar-refractivity contribution in [2.45, 2.75) is 56.9 Å². The Kier molecular flexibility index (Phi) is 7.87. The van der Waals surface area contributed by atoms with Crippen LogP contribution < -0.4 is 21.6 Å². The molecule has 0 saturated heterocycles. The summed E-state index contributed by atoms with van der Waals surface area (Å²) >= 11 is 1.56. The number of hydrazone groups is 1. The lowest BCUT2D eigenvalue weighted by Gasteiger charge is -2.25. The summed E-state index contributed by atoms with van der Waals surface area (Å²) in [6.07, 6.45) is 6.33. The maximum absolute atomic E-state index is 6.30. The molecule has 0 atom stereocenters. The van der Waals surface area contributed by atoms with Crippen LogP contribution in [0.4, 0.5) is 5.69 Å². The number of amidine groups is 1. The number of rotatable bonds is 8. The molecule has 0 amide bonds. The van der Waals surface area contributed by atoms with Gasteiger partial charge < -0.3 is 11.1 Å². The van der Waals surface area contributed by atoms with E-state index in [9.17, 15) is 0 Å². The molecule has 0 spiro atoms. The monoisotopic (exact) mass is 364 g/mol. The van der Waals surface area contributed by atoms with E-state index >= 15 is 0 Å². The van der Waals surface area contributed by atoms with Gasteiger partial charge in [0, 0.05) is 22.2 Å². The van der Waals surface area contributed by atoms with Crippen LogP contribution in [0.15, 0.2) is 28.2 Å². The summed E-state index contributed by atoms with van der Waals surface area (Å²) in [5, 5.41) is 9.47. The van der Waals surface area contributed by atoms with Gasteiger partial charge in [0.05, 0.1) is 6.54 Å². The molecule has 6 N–H and O–H groups in total. The summed E-state index contributed by atoms with van der Waals surface area (Å²) in [7, 11) is 1.90. The molecule has 0 radical (unpaired) electrons. The third-order valence-electron chi connectivity index (χ3n) is 4.24. The van der Waals surface area contributed by atoms with Gasteiger partial charge in [-0.1, -0.05) is 33.1 Å². The minimum absolute atomic E-state index is 0.424. The van der Waals surface area contributed by atoms with Crippen molar-refractivity contribution in [2.75, 3.05) is 18.9 Å².